The molecule has 0 aromatic heterocycles. The predicted octanol–water partition coefficient (Wildman–Crippen LogP) is 2.58. The Morgan fingerprint density at radius 2 is 1.81 bits per heavy atom. The van der Waals surface area contributed by atoms with E-state index in [1.807, 2.05) is 30.3 Å². The standard InChI is InChI=1S/C20H22N2O4/c1-21(19(23)15-10-7-11-17(25-2)18(15)26-3)16-12-13-22(20(16)24)14-8-5-4-6-9-14/h4-11,16H,12-13H2,1-3H3. The maximum Gasteiger partial charge on any atom is 0.258 e. The van der Waals surface area contributed by atoms with Crippen LogP contribution in [0.3, 0.4) is 0 Å². The average molecular weight is 354 g/mol. The molecule has 2 aromatic rings. The molecule has 1 saturated heterocycles. The Hall–Kier alpha value is -3.02. The fourth-order valence-electron chi connectivity index (χ4n) is 3.28. The molecule has 0 N–H and O–H groups in total. The van der Waals surface area contributed by atoms with Gasteiger partial charge in [0.25, 0.3) is 5.91 Å². The Labute approximate surface area is 152 Å². The summed E-state index contributed by atoms with van der Waals surface area (Å²) in [4.78, 5) is 29.0. The van der Waals surface area contributed by atoms with E-state index in [0.717, 1.165) is 5.69 Å². The molecule has 26 heavy (non-hydrogen) atoms. The smallest absolute Gasteiger partial charge is 0.258 e. The lowest BCUT2D eigenvalue weighted by atomic mass is 10.1. The summed E-state index contributed by atoms with van der Waals surface area (Å²) in [6, 6.07) is 14.1. The number of para-hydroxylation sites is 2. The summed E-state index contributed by atoms with van der Waals surface area (Å²) in [6.45, 7) is 0.584. The van der Waals surface area contributed by atoms with Crippen LogP contribution in [0.2, 0.25) is 0 Å². The van der Waals surface area contributed by atoms with Crippen molar-refractivity contribution < 1.29 is 19.1 Å². The zero-order valence-corrected chi connectivity index (χ0v) is 15.1. The van der Waals surface area contributed by atoms with E-state index in [1.165, 1.54) is 19.1 Å². The van der Waals surface area contributed by atoms with Crippen molar-refractivity contribution in [2.24, 2.45) is 0 Å². The lowest BCUT2D eigenvalue weighted by molar-refractivity contribution is -0.120. The fourth-order valence-corrected chi connectivity index (χ4v) is 3.28. The van der Waals surface area contributed by atoms with E-state index >= 15 is 0 Å². The molecule has 1 unspecified atom stereocenters. The number of hydrogen-bond donors (Lipinski definition) is 0. The minimum atomic E-state index is -0.501. The van der Waals surface area contributed by atoms with Crippen LogP contribution < -0.4 is 14.4 Å². The highest BCUT2D eigenvalue weighted by molar-refractivity contribution is 6.04. The second-order valence-electron chi connectivity index (χ2n) is 6.09. The van der Waals surface area contributed by atoms with E-state index in [1.54, 1.807) is 30.1 Å². The zero-order chi connectivity index (χ0) is 18.7. The van der Waals surface area contributed by atoms with Crippen molar-refractivity contribution in [2.75, 3.05) is 32.7 Å². The van der Waals surface area contributed by atoms with Crippen molar-refractivity contribution in [3.8, 4) is 11.5 Å². The van der Waals surface area contributed by atoms with Gasteiger partial charge in [-0.2, -0.15) is 0 Å². The van der Waals surface area contributed by atoms with E-state index in [9.17, 15) is 9.59 Å². The maximum atomic E-state index is 13.0. The molecule has 0 spiro atoms. The lowest BCUT2D eigenvalue weighted by Crippen LogP contribution is -2.43. The molecule has 1 aliphatic heterocycles. The summed E-state index contributed by atoms with van der Waals surface area (Å²) in [7, 11) is 4.67. The van der Waals surface area contributed by atoms with Gasteiger partial charge in [-0.15, -0.1) is 0 Å². The molecular formula is C20H22N2O4. The minimum absolute atomic E-state index is 0.0751. The maximum absolute atomic E-state index is 13.0. The number of benzene rings is 2. The lowest BCUT2D eigenvalue weighted by Gasteiger charge is -2.25. The van der Waals surface area contributed by atoms with Crippen molar-refractivity contribution in [3.05, 3.63) is 54.1 Å². The Morgan fingerprint density at radius 3 is 2.46 bits per heavy atom. The van der Waals surface area contributed by atoms with E-state index < -0.39 is 6.04 Å². The number of hydrogen-bond acceptors (Lipinski definition) is 4. The molecule has 2 aromatic carbocycles. The van der Waals surface area contributed by atoms with Gasteiger partial charge in [0.2, 0.25) is 5.91 Å². The molecule has 6 heteroatoms. The summed E-state index contributed by atoms with van der Waals surface area (Å²) in [5, 5.41) is 0. The molecule has 2 amide bonds. The number of nitrogens with zero attached hydrogens (tertiary/aromatic N) is 2. The van der Waals surface area contributed by atoms with Crippen molar-refractivity contribution in [3.63, 3.8) is 0 Å². The van der Waals surface area contributed by atoms with Crippen LogP contribution >= 0.6 is 0 Å². The monoisotopic (exact) mass is 354 g/mol. The summed E-state index contributed by atoms with van der Waals surface area (Å²) in [5.74, 6) is 0.510. The van der Waals surface area contributed by atoms with E-state index in [-0.39, 0.29) is 11.8 Å². The van der Waals surface area contributed by atoms with Gasteiger partial charge in [0.1, 0.15) is 6.04 Å². The second-order valence-corrected chi connectivity index (χ2v) is 6.09. The molecule has 0 saturated carbocycles. The van der Waals surface area contributed by atoms with Crippen LogP contribution in [-0.2, 0) is 4.79 Å². The first kappa shape index (κ1) is 17.8. The number of carbonyl (C=O) groups is 2. The quantitative estimate of drug-likeness (QED) is 0.828. The highest BCUT2D eigenvalue weighted by atomic mass is 16.5. The van der Waals surface area contributed by atoms with Crippen molar-refractivity contribution in [1.29, 1.82) is 0 Å². The third kappa shape index (κ3) is 3.10. The van der Waals surface area contributed by atoms with E-state index in [2.05, 4.69) is 0 Å². The highest BCUT2D eigenvalue weighted by Crippen LogP contribution is 2.32. The number of rotatable bonds is 5. The Bertz CT molecular complexity index is 807. The number of methoxy groups -OCH3 is 2. The van der Waals surface area contributed by atoms with Crippen LogP contribution in [-0.4, -0.2) is 50.6 Å². The molecule has 0 bridgehead atoms. The van der Waals surface area contributed by atoms with Gasteiger partial charge in [0.15, 0.2) is 11.5 Å². The first-order valence-electron chi connectivity index (χ1n) is 8.43. The third-order valence-electron chi connectivity index (χ3n) is 4.67. The first-order valence-corrected chi connectivity index (χ1v) is 8.43. The van der Waals surface area contributed by atoms with Crippen LogP contribution in [0.15, 0.2) is 48.5 Å². The molecule has 6 nitrogen and oxygen atoms in total. The van der Waals surface area contributed by atoms with Crippen LogP contribution in [0, 0.1) is 0 Å². The Kier molecular flexibility index (Phi) is 5.11. The highest BCUT2D eigenvalue weighted by Gasteiger charge is 2.38. The molecule has 1 fully saturated rings. The Morgan fingerprint density at radius 1 is 1.08 bits per heavy atom. The molecule has 0 radical (unpaired) electrons. The molecular weight excluding hydrogens is 332 g/mol. The average Bonchev–Trinajstić information content (AvgIpc) is 3.08. The summed E-state index contributed by atoms with van der Waals surface area (Å²) < 4.78 is 10.6. The van der Waals surface area contributed by atoms with Crippen LogP contribution in [0.1, 0.15) is 16.8 Å². The first-order chi connectivity index (χ1) is 12.6. The predicted molar refractivity (Wildman–Crippen MR) is 98.8 cm³/mol. The van der Waals surface area contributed by atoms with Gasteiger partial charge in [0, 0.05) is 19.3 Å². The van der Waals surface area contributed by atoms with Crippen LogP contribution in [0.4, 0.5) is 5.69 Å². The topological polar surface area (TPSA) is 59.1 Å². The summed E-state index contributed by atoms with van der Waals surface area (Å²) >= 11 is 0. The Balaban J connectivity index is 1.83. The molecule has 3 rings (SSSR count). The normalized spacial score (nSPS) is 16.5. The van der Waals surface area contributed by atoms with Gasteiger partial charge < -0.3 is 19.3 Å². The number of ether oxygens (including phenoxy) is 2. The third-order valence-corrected chi connectivity index (χ3v) is 4.67. The van der Waals surface area contributed by atoms with Crippen LogP contribution in [0.25, 0.3) is 0 Å². The van der Waals surface area contributed by atoms with Gasteiger partial charge >= 0.3 is 0 Å². The zero-order valence-electron chi connectivity index (χ0n) is 15.1. The molecule has 1 atom stereocenters. The number of likely N-dealkylation sites (N-methyl/N-ethyl adjacent to an activating group) is 1. The number of anilines is 1. The summed E-state index contributed by atoms with van der Waals surface area (Å²) in [5.41, 5.74) is 1.22. The molecule has 1 heterocycles. The van der Waals surface area contributed by atoms with E-state index in [4.69, 9.17) is 9.47 Å². The number of carbonyl (C=O) groups excluding carboxylic acids is 2. The van der Waals surface area contributed by atoms with Gasteiger partial charge in [-0.1, -0.05) is 24.3 Å². The van der Waals surface area contributed by atoms with Crippen molar-refractivity contribution in [1.82, 2.24) is 4.90 Å². The molecule has 0 aliphatic carbocycles. The minimum Gasteiger partial charge on any atom is -0.493 e. The largest absolute Gasteiger partial charge is 0.493 e. The SMILES string of the molecule is COc1cccc(C(=O)N(C)C2CCN(c3ccccc3)C2=O)c1OC. The number of amides is 2. The molecule has 1 aliphatic rings. The van der Waals surface area contributed by atoms with Crippen molar-refractivity contribution >= 4 is 17.5 Å². The van der Waals surface area contributed by atoms with E-state index in [0.29, 0.717) is 30.0 Å². The van der Waals surface area contributed by atoms with Crippen LogP contribution in [0.5, 0.6) is 11.5 Å². The second kappa shape index (κ2) is 7.47. The van der Waals surface area contributed by atoms with Gasteiger partial charge in [-0.25, -0.2) is 0 Å². The summed E-state index contributed by atoms with van der Waals surface area (Å²) in [6.07, 6.45) is 0.586. The van der Waals surface area contributed by atoms with Gasteiger partial charge in [-0.05, 0) is 30.7 Å². The van der Waals surface area contributed by atoms with Gasteiger partial charge in [-0.3, -0.25) is 9.59 Å². The molecule has 136 valence electrons. The van der Waals surface area contributed by atoms with Gasteiger partial charge in [0.05, 0.1) is 19.8 Å². The van der Waals surface area contributed by atoms with Crippen molar-refractivity contribution in [2.45, 2.75) is 12.5 Å². The fraction of sp³-hybridized carbons (Fsp3) is 0.300.